The Morgan fingerprint density at radius 3 is 2.17 bits per heavy atom. The van der Waals surface area contributed by atoms with Crippen molar-refractivity contribution < 1.29 is 22.4 Å². The lowest BCUT2D eigenvalue weighted by Crippen LogP contribution is -2.52. The molecule has 0 radical (unpaired) electrons. The van der Waals surface area contributed by atoms with Crippen LogP contribution in [-0.4, -0.2) is 50.0 Å². The molecule has 10 heteroatoms. The van der Waals surface area contributed by atoms with Crippen molar-refractivity contribution in [1.82, 2.24) is 10.2 Å². The molecule has 0 aliphatic rings. The number of halogens is 1. The van der Waals surface area contributed by atoms with Crippen LogP contribution in [0.4, 0.5) is 10.1 Å². The van der Waals surface area contributed by atoms with Crippen LogP contribution < -0.4 is 9.62 Å². The smallest absolute Gasteiger partial charge is 0.264 e. The fraction of sp³-hybridized carbons (Fsp3) is 0.333. The Hall–Kier alpha value is -3.37. The van der Waals surface area contributed by atoms with Crippen LogP contribution in [0.15, 0.2) is 82.6 Å². The minimum atomic E-state index is -4.17. The van der Waals surface area contributed by atoms with Gasteiger partial charge in [-0.1, -0.05) is 42.8 Å². The van der Waals surface area contributed by atoms with Gasteiger partial charge in [0.1, 0.15) is 18.4 Å². The number of hydrogen-bond donors (Lipinski definition) is 1. The summed E-state index contributed by atoms with van der Waals surface area (Å²) in [7, 11) is -4.17. The molecule has 7 nitrogen and oxygen atoms in total. The normalized spacial score (nSPS) is 12.8. The summed E-state index contributed by atoms with van der Waals surface area (Å²) in [4.78, 5) is 29.1. The Balaban J connectivity index is 2.03. The lowest BCUT2D eigenvalue weighted by Gasteiger charge is -2.32. The molecular formula is C30H36FN3O4S2. The number of nitrogens with one attached hydrogen (secondary N) is 1. The number of thioether (sulfide) groups is 1. The lowest BCUT2D eigenvalue weighted by atomic mass is 10.1. The first-order valence-electron chi connectivity index (χ1n) is 13.0. The highest BCUT2D eigenvalue weighted by molar-refractivity contribution is 7.98. The van der Waals surface area contributed by atoms with Gasteiger partial charge >= 0.3 is 0 Å². The Labute approximate surface area is 240 Å². The van der Waals surface area contributed by atoms with Crippen LogP contribution in [0.3, 0.4) is 0 Å². The van der Waals surface area contributed by atoms with Gasteiger partial charge < -0.3 is 10.2 Å². The molecule has 3 aromatic rings. The summed E-state index contributed by atoms with van der Waals surface area (Å²) in [6.45, 7) is 6.43. The van der Waals surface area contributed by atoms with Crippen molar-refractivity contribution >= 4 is 39.3 Å². The molecule has 0 aliphatic carbocycles. The van der Waals surface area contributed by atoms with Crippen LogP contribution in [0.5, 0.6) is 0 Å². The van der Waals surface area contributed by atoms with E-state index in [9.17, 15) is 22.4 Å². The molecule has 1 N–H and O–H groups in total. The van der Waals surface area contributed by atoms with Gasteiger partial charge in [-0.05, 0) is 75.9 Å². The molecule has 3 aromatic carbocycles. The number of rotatable bonds is 12. The predicted molar refractivity (Wildman–Crippen MR) is 158 cm³/mol. The third-order valence-corrected chi connectivity index (χ3v) is 9.25. The van der Waals surface area contributed by atoms with Crippen LogP contribution in [0.2, 0.25) is 0 Å². The van der Waals surface area contributed by atoms with Crippen molar-refractivity contribution in [3.05, 3.63) is 89.7 Å². The lowest BCUT2D eigenvalue weighted by molar-refractivity contribution is -0.139. The molecule has 0 aliphatic heterocycles. The van der Waals surface area contributed by atoms with Gasteiger partial charge in [0.25, 0.3) is 10.0 Å². The molecule has 214 valence electrons. The topological polar surface area (TPSA) is 86.8 Å². The Morgan fingerprint density at radius 2 is 1.60 bits per heavy atom. The molecular weight excluding hydrogens is 549 g/mol. The first kappa shape index (κ1) is 31.2. The van der Waals surface area contributed by atoms with Crippen LogP contribution in [0.1, 0.15) is 38.3 Å². The van der Waals surface area contributed by atoms with Crippen LogP contribution >= 0.6 is 11.8 Å². The number of nitrogens with zero attached hydrogens (tertiary/aromatic N) is 2. The average Bonchev–Trinajstić information content (AvgIpc) is 2.95. The summed E-state index contributed by atoms with van der Waals surface area (Å²) >= 11 is 1.48. The Bertz CT molecular complexity index is 1410. The van der Waals surface area contributed by atoms with Gasteiger partial charge in [0.15, 0.2) is 0 Å². The summed E-state index contributed by atoms with van der Waals surface area (Å²) in [6.07, 6.45) is 2.58. The number of anilines is 1. The predicted octanol–water partition coefficient (Wildman–Crippen LogP) is 5.38. The molecule has 0 saturated heterocycles. The fourth-order valence-electron chi connectivity index (χ4n) is 3.97. The number of sulfonamides is 1. The van der Waals surface area contributed by atoms with Gasteiger partial charge in [0, 0.05) is 23.0 Å². The maximum absolute atomic E-state index is 14.6. The van der Waals surface area contributed by atoms with Gasteiger partial charge in [0.05, 0.1) is 10.6 Å². The zero-order valence-electron chi connectivity index (χ0n) is 23.4. The number of carbonyl (C=O) groups is 2. The van der Waals surface area contributed by atoms with Crippen molar-refractivity contribution in [1.29, 1.82) is 0 Å². The number of aryl methyl sites for hydroxylation is 1. The largest absolute Gasteiger partial charge is 0.352 e. The van der Waals surface area contributed by atoms with E-state index in [0.717, 1.165) is 14.8 Å². The van der Waals surface area contributed by atoms with E-state index in [0.29, 0.717) is 12.1 Å². The monoisotopic (exact) mass is 585 g/mol. The summed E-state index contributed by atoms with van der Waals surface area (Å²) in [6, 6.07) is 18.1. The zero-order valence-corrected chi connectivity index (χ0v) is 25.1. The van der Waals surface area contributed by atoms with Crippen LogP contribution in [0.25, 0.3) is 0 Å². The van der Waals surface area contributed by atoms with Gasteiger partial charge in [0.2, 0.25) is 11.8 Å². The zero-order chi connectivity index (χ0) is 29.4. The number of amides is 2. The van der Waals surface area contributed by atoms with E-state index in [1.54, 1.807) is 49.4 Å². The van der Waals surface area contributed by atoms with E-state index in [1.165, 1.54) is 47.0 Å². The van der Waals surface area contributed by atoms with Crippen molar-refractivity contribution in [2.45, 2.75) is 62.5 Å². The second kappa shape index (κ2) is 13.8. The maximum Gasteiger partial charge on any atom is 0.264 e. The second-order valence-corrected chi connectivity index (χ2v) is 12.4. The second-order valence-electron chi connectivity index (χ2n) is 9.63. The fourth-order valence-corrected chi connectivity index (χ4v) is 5.80. The Morgan fingerprint density at radius 1 is 0.975 bits per heavy atom. The minimum Gasteiger partial charge on any atom is -0.352 e. The van der Waals surface area contributed by atoms with Gasteiger partial charge in [-0.2, -0.15) is 0 Å². The number of hydrogen-bond acceptors (Lipinski definition) is 5. The van der Waals surface area contributed by atoms with E-state index in [2.05, 4.69) is 5.32 Å². The van der Waals surface area contributed by atoms with E-state index in [4.69, 9.17) is 0 Å². The van der Waals surface area contributed by atoms with Gasteiger partial charge in [-0.3, -0.25) is 13.9 Å². The van der Waals surface area contributed by atoms with Gasteiger partial charge in [-0.25, -0.2) is 12.8 Å². The molecule has 0 fully saturated rings. The van der Waals surface area contributed by atoms with Crippen molar-refractivity contribution in [3.8, 4) is 0 Å². The minimum absolute atomic E-state index is 0.0295. The SMILES string of the molecule is CC[C@H](C)NC(=O)[C@H](C)N(Cc1ccccc1F)C(=O)CN(c1ccc(C)cc1)S(=O)(=O)c1ccc(SC)cc1. The third kappa shape index (κ3) is 7.63. The molecule has 0 aromatic heterocycles. The highest BCUT2D eigenvalue weighted by Crippen LogP contribution is 2.26. The standard InChI is InChI=1S/C30H36FN3O4S2/c1-6-22(3)32-30(36)23(4)33(19-24-9-7-8-10-28(24)31)29(35)20-34(25-13-11-21(2)12-14-25)40(37,38)27-17-15-26(39-5)16-18-27/h7-18,22-23H,6,19-20H2,1-5H3,(H,32,36)/t22-,23-/m0/s1. The maximum atomic E-state index is 14.6. The first-order chi connectivity index (χ1) is 19.0. The van der Waals surface area contributed by atoms with Crippen molar-refractivity contribution in [2.75, 3.05) is 17.1 Å². The molecule has 2 atom stereocenters. The van der Waals surface area contributed by atoms with E-state index in [1.807, 2.05) is 27.0 Å². The van der Waals surface area contributed by atoms with E-state index >= 15 is 0 Å². The molecule has 0 spiro atoms. The van der Waals surface area contributed by atoms with Crippen LogP contribution in [0, 0.1) is 12.7 Å². The van der Waals surface area contributed by atoms with Crippen molar-refractivity contribution in [3.63, 3.8) is 0 Å². The van der Waals surface area contributed by atoms with E-state index in [-0.39, 0.29) is 23.0 Å². The van der Waals surface area contributed by atoms with Crippen molar-refractivity contribution in [2.24, 2.45) is 0 Å². The Kier molecular flexibility index (Phi) is 10.8. The summed E-state index contributed by atoms with van der Waals surface area (Å²) in [5.41, 5.74) is 1.44. The number of benzene rings is 3. The summed E-state index contributed by atoms with van der Waals surface area (Å²) < 4.78 is 43.4. The third-order valence-electron chi connectivity index (χ3n) is 6.72. The molecule has 40 heavy (non-hydrogen) atoms. The molecule has 3 rings (SSSR count). The molecule has 2 amide bonds. The quantitative estimate of drug-likeness (QED) is 0.288. The average molecular weight is 586 g/mol. The summed E-state index contributed by atoms with van der Waals surface area (Å²) in [5.74, 6) is -1.57. The van der Waals surface area contributed by atoms with E-state index < -0.39 is 40.2 Å². The molecule has 0 bridgehead atoms. The molecule has 0 heterocycles. The number of carbonyl (C=O) groups excluding carboxylic acids is 2. The highest BCUT2D eigenvalue weighted by atomic mass is 32.2. The summed E-state index contributed by atoms with van der Waals surface area (Å²) in [5, 5.41) is 2.86. The van der Waals surface area contributed by atoms with Crippen LogP contribution in [-0.2, 0) is 26.2 Å². The molecule has 0 unspecified atom stereocenters. The molecule has 0 saturated carbocycles. The highest BCUT2D eigenvalue weighted by Gasteiger charge is 2.33. The first-order valence-corrected chi connectivity index (χ1v) is 15.7. The van der Waals surface area contributed by atoms with Gasteiger partial charge in [-0.15, -0.1) is 11.8 Å².